The molecule has 2 aromatic rings. The summed E-state index contributed by atoms with van der Waals surface area (Å²) in [7, 11) is 0. The number of oxime groups is 1. The summed E-state index contributed by atoms with van der Waals surface area (Å²) < 4.78 is 1.00. The van der Waals surface area contributed by atoms with Crippen LogP contribution in [-0.2, 0) is 5.41 Å². The largest absolute Gasteiger partial charge is 0.411 e. The van der Waals surface area contributed by atoms with Gasteiger partial charge in [0.15, 0.2) is 0 Å². The van der Waals surface area contributed by atoms with Crippen LogP contribution in [-0.4, -0.2) is 10.9 Å². The van der Waals surface area contributed by atoms with Crippen LogP contribution in [0.15, 0.2) is 64.2 Å². The molecule has 2 nitrogen and oxygen atoms in total. The zero-order valence-electron chi connectivity index (χ0n) is 11.0. The first kappa shape index (κ1) is 13.8. The van der Waals surface area contributed by atoms with Crippen LogP contribution in [0.3, 0.4) is 0 Å². The molecule has 0 aliphatic carbocycles. The van der Waals surface area contributed by atoms with Crippen LogP contribution in [0.5, 0.6) is 0 Å². The SMILES string of the molecule is C/C(=N\O)C(C)(c1ccccc1)c1ccccc1Br. The van der Waals surface area contributed by atoms with Crippen molar-refractivity contribution < 1.29 is 5.21 Å². The highest BCUT2D eigenvalue weighted by Gasteiger charge is 2.34. The van der Waals surface area contributed by atoms with Crippen LogP contribution in [0.1, 0.15) is 25.0 Å². The summed E-state index contributed by atoms with van der Waals surface area (Å²) in [6.07, 6.45) is 0. The van der Waals surface area contributed by atoms with Crippen molar-refractivity contribution in [1.29, 1.82) is 0 Å². The van der Waals surface area contributed by atoms with Gasteiger partial charge in [0.1, 0.15) is 0 Å². The average molecular weight is 318 g/mol. The van der Waals surface area contributed by atoms with Crippen molar-refractivity contribution in [2.75, 3.05) is 0 Å². The normalized spacial score (nSPS) is 15.0. The zero-order chi connectivity index (χ0) is 13.9. The van der Waals surface area contributed by atoms with Gasteiger partial charge in [0.2, 0.25) is 0 Å². The smallest absolute Gasteiger partial charge is 0.0686 e. The summed E-state index contributed by atoms with van der Waals surface area (Å²) in [6, 6.07) is 18.1. The lowest BCUT2D eigenvalue weighted by molar-refractivity contribution is 0.314. The molecular weight excluding hydrogens is 302 g/mol. The molecule has 2 rings (SSSR count). The number of halogens is 1. The molecule has 0 bridgehead atoms. The lowest BCUT2D eigenvalue weighted by atomic mass is 9.73. The van der Waals surface area contributed by atoms with E-state index in [0.717, 1.165) is 15.6 Å². The first-order valence-electron chi connectivity index (χ1n) is 6.10. The minimum absolute atomic E-state index is 0.462. The Bertz CT molecular complexity index is 595. The Morgan fingerprint density at radius 1 is 1.05 bits per heavy atom. The molecule has 0 saturated heterocycles. The van der Waals surface area contributed by atoms with Gasteiger partial charge in [-0.15, -0.1) is 0 Å². The van der Waals surface area contributed by atoms with Crippen LogP contribution in [0.4, 0.5) is 0 Å². The maximum absolute atomic E-state index is 9.26. The maximum atomic E-state index is 9.26. The summed E-state index contributed by atoms with van der Waals surface area (Å²) in [5, 5.41) is 12.7. The standard InChI is InChI=1S/C16H16BrNO/c1-12(18-19)16(2,13-8-4-3-5-9-13)14-10-6-7-11-15(14)17/h3-11,19H,1-2H3/b18-12+. The molecule has 0 radical (unpaired) electrons. The van der Waals surface area contributed by atoms with E-state index in [1.54, 1.807) is 0 Å². The van der Waals surface area contributed by atoms with E-state index in [1.165, 1.54) is 0 Å². The number of rotatable bonds is 3. The Morgan fingerprint density at radius 2 is 1.63 bits per heavy atom. The Morgan fingerprint density at radius 3 is 2.21 bits per heavy atom. The van der Waals surface area contributed by atoms with E-state index in [2.05, 4.69) is 28.0 Å². The lowest BCUT2D eigenvalue weighted by Crippen LogP contribution is -2.32. The molecule has 19 heavy (non-hydrogen) atoms. The van der Waals surface area contributed by atoms with Gasteiger partial charge in [-0.1, -0.05) is 69.6 Å². The summed E-state index contributed by atoms with van der Waals surface area (Å²) in [4.78, 5) is 0. The van der Waals surface area contributed by atoms with Gasteiger partial charge in [0, 0.05) is 4.47 Å². The van der Waals surface area contributed by atoms with Crippen molar-refractivity contribution in [3.05, 3.63) is 70.2 Å². The van der Waals surface area contributed by atoms with Gasteiger partial charge in [-0.3, -0.25) is 0 Å². The van der Waals surface area contributed by atoms with Gasteiger partial charge in [0.05, 0.1) is 11.1 Å². The number of nitrogens with zero attached hydrogens (tertiary/aromatic N) is 1. The van der Waals surface area contributed by atoms with E-state index < -0.39 is 5.41 Å². The van der Waals surface area contributed by atoms with Gasteiger partial charge >= 0.3 is 0 Å². The van der Waals surface area contributed by atoms with Crippen LogP contribution in [0.25, 0.3) is 0 Å². The fourth-order valence-electron chi connectivity index (χ4n) is 2.30. The first-order valence-corrected chi connectivity index (χ1v) is 6.89. The van der Waals surface area contributed by atoms with Crippen molar-refractivity contribution in [3.63, 3.8) is 0 Å². The molecule has 0 saturated carbocycles. The topological polar surface area (TPSA) is 32.6 Å². The van der Waals surface area contributed by atoms with Gasteiger partial charge in [-0.25, -0.2) is 0 Å². The highest BCUT2D eigenvalue weighted by Crippen LogP contribution is 2.37. The lowest BCUT2D eigenvalue weighted by Gasteiger charge is -2.31. The molecule has 98 valence electrons. The van der Waals surface area contributed by atoms with Gasteiger partial charge in [0.25, 0.3) is 0 Å². The van der Waals surface area contributed by atoms with E-state index in [0.29, 0.717) is 5.71 Å². The quantitative estimate of drug-likeness (QED) is 0.500. The van der Waals surface area contributed by atoms with Crippen molar-refractivity contribution in [2.45, 2.75) is 19.3 Å². The summed E-state index contributed by atoms with van der Waals surface area (Å²) in [5.74, 6) is 0. The predicted octanol–water partition coefficient (Wildman–Crippen LogP) is 4.61. The molecule has 0 aromatic heterocycles. The molecule has 0 fully saturated rings. The van der Waals surface area contributed by atoms with Crippen molar-refractivity contribution >= 4 is 21.6 Å². The number of hydrogen-bond acceptors (Lipinski definition) is 2. The average Bonchev–Trinajstić information content (AvgIpc) is 2.47. The fourth-order valence-corrected chi connectivity index (χ4v) is 2.98. The van der Waals surface area contributed by atoms with Crippen molar-refractivity contribution in [3.8, 4) is 0 Å². The predicted molar refractivity (Wildman–Crippen MR) is 81.9 cm³/mol. The van der Waals surface area contributed by atoms with Gasteiger partial charge in [-0.2, -0.15) is 0 Å². The Balaban J connectivity index is 2.70. The second kappa shape index (κ2) is 5.57. The Kier molecular flexibility index (Phi) is 4.05. The highest BCUT2D eigenvalue weighted by molar-refractivity contribution is 9.10. The fraction of sp³-hybridized carbons (Fsp3) is 0.188. The Hall–Kier alpha value is -1.61. The summed E-state index contributed by atoms with van der Waals surface area (Å²) in [5.41, 5.74) is 2.37. The molecular formula is C16H16BrNO. The second-order valence-corrected chi connectivity index (χ2v) is 5.51. The monoisotopic (exact) mass is 317 g/mol. The van der Waals surface area contributed by atoms with Crippen LogP contribution >= 0.6 is 15.9 Å². The van der Waals surface area contributed by atoms with Crippen LogP contribution in [0.2, 0.25) is 0 Å². The van der Waals surface area contributed by atoms with E-state index >= 15 is 0 Å². The second-order valence-electron chi connectivity index (χ2n) is 4.66. The highest BCUT2D eigenvalue weighted by atomic mass is 79.9. The van der Waals surface area contributed by atoms with E-state index in [-0.39, 0.29) is 0 Å². The van der Waals surface area contributed by atoms with E-state index in [1.807, 2.05) is 61.5 Å². The third kappa shape index (κ3) is 2.43. The van der Waals surface area contributed by atoms with Gasteiger partial charge in [-0.05, 0) is 31.0 Å². The molecule has 1 atom stereocenters. The molecule has 1 N–H and O–H groups in total. The van der Waals surface area contributed by atoms with Gasteiger partial charge < -0.3 is 5.21 Å². The van der Waals surface area contributed by atoms with Crippen LogP contribution in [0, 0.1) is 0 Å². The van der Waals surface area contributed by atoms with E-state index in [4.69, 9.17) is 0 Å². The third-order valence-electron chi connectivity index (χ3n) is 3.64. The molecule has 0 aliphatic rings. The maximum Gasteiger partial charge on any atom is 0.0686 e. The third-order valence-corrected chi connectivity index (χ3v) is 4.33. The number of benzene rings is 2. The molecule has 1 unspecified atom stereocenters. The zero-order valence-corrected chi connectivity index (χ0v) is 12.6. The molecule has 0 aliphatic heterocycles. The summed E-state index contributed by atoms with van der Waals surface area (Å²) in [6.45, 7) is 3.91. The molecule has 0 amide bonds. The minimum Gasteiger partial charge on any atom is -0.411 e. The van der Waals surface area contributed by atoms with Crippen molar-refractivity contribution in [2.24, 2.45) is 5.16 Å². The van der Waals surface area contributed by atoms with Crippen molar-refractivity contribution in [1.82, 2.24) is 0 Å². The minimum atomic E-state index is -0.462. The molecule has 0 spiro atoms. The molecule has 3 heteroatoms. The number of hydrogen-bond donors (Lipinski definition) is 1. The first-order chi connectivity index (χ1) is 9.10. The molecule has 0 heterocycles. The molecule has 2 aromatic carbocycles. The van der Waals surface area contributed by atoms with E-state index in [9.17, 15) is 5.21 Å². The van der Waals surface area contributed by atoms with Crippen LogP contribution < -0.4 is 0 Å². The Labute approximate surface area is 121 Å². The summed E-state index contributed by atoms with van der Waals surface area (Å²) >= 11 is 3.59.